The van der Waals surface area contributed by atoms with Crippen LogP contribution in [0.25, 0.3) is 0 Å². The molecule has 0 spiro atoms. The Labute approximate surface area is 120 Å². The summed E-state index contributed by atoms with van der Waals surface area (Å²) in [5.74, 6) is 0.0513. The number of ether oxygens (including phenoxy) is 1. The number of hydrogen-bond acceptors (Lipinski definition) is 2. The molecule has 0 aromatic heterocycles. The minimum Gasteiger partial charge on any atom is -0.372 e. The number of fused-ring (bicyclic) bond motifs is 1. The Morgan fingerprint density at radius 3 is 2.53 bits per heavy atom. The summed E-state index contributed by atoms with van der Waals surface area (Å²) in [5.41, 5.74) is 4.86. The molecule has 0 atom stereocenters. The average Bonchev–Trinajstić information content (AvgIpc) is 2.88. The summed E-state index contributed by atoms with van der Waals surface area (Å²) >= 11 is 3.46. The Balaban J connectivity index is 1.97. The van der Waals surface area contributed by atoms with E-state index in [0.717, 1.165) is 21.2 Å². The third kappa shape index (κ3) is 2.36. The van der Waals surface area contributed by atoms with E-state index < -0.39 is 0 Å². The lowest BCUT2D eigenvalue weighted by atomic mass is 9.99. The van der Waals surface area contributed by atoms with Gasteiger partial charge in [-0.25, -0.2) is 0 Å². The van der Waals surface area contributed by atoms with Crippen molar-refractivity contribution < 1.29 is 9.53 Å². The van der Waals surface area contributed by atoms with E-state index in [4.69, 9.17) is 4.74 Å². The van der Waals surface area contributed by atoms with Gasteiger partial charge in [-0.3, -0.25) is 4.79 Å². The number of carbonyl (C=O) groups excluding carboxylic acids is 1. The molecule has 2 aromatic carbocycles. The Hall–Kier alpha value is -1.45. The second-order valence-electron chi connectivity index (χ2n) is 4.77. The minimum atomic E-state index is 0.0513. The summed E-state index contributed by atoms with van der Waals surface area (Å²) in [7, 11) is 0. The third-order valence-electron chi connectivity index (χ3n) is 3.42. The van der Waals surface area contributed by atoms with Crippen LogP contribution in [0.15, 0.2) is 40.9 Å². The predicted molar refractivity (Wildman–Crippen MR) is 77.2 cm³/mol. The van der Waals surface area contributed by atoms with E-state index in [9.17, 15) is 4.79 Å². The van der Waals surface area contributed by atoms with Crippen molar-refractivity contribution >= 4 is 21.7 Å². The fourth-order valence-corrected chi connectivity index (χ4v) is 2.59. The Morgan fingerprint density at radius 2 is 1.74 bits per heavy atom. The molecule has 0 saturated carbocycles. The predicted octanol–water partition coefficient (Wildman–Crippen LogP) is 4.02. The van der Waals surface area contributed by atoms with Crippen LogP contribution >= 0.6 is 15.9 Å². The molecule has 3 rings (SSSR count). The van der Waals surface area contributed by atoms with Gasteiger partial charge in [-0.15, -0.1) is 0 Å². The molecular formula is C16H13BrO2. The van der Waals surface area contributed by atoms with Crippen LogP contribution in [-0.4, -0.2) is 5.78 Å². The summed E-state index contributed by atoms with van der Waals surface area (Å²) in [5, 5.41) is 0. The Morgan fingerprint density at radius 1 is 1.05 bits per heavy atom. The van der Waals surface area contributed by atoms with Gasteiger partial charge in [0.05, 0.1) is 13.2 Å². The van der Waals surface area contributed by atoms with Crippen molar-refractivity contribution in [3.8, 4) is 0 Å². The molecule has 0 radical (unpaired) electrons. The highest BCUT2D eigenvalue weighted by Gasteiger charge is 2.15. The molecule has 0 unspecified atom stereocenters. The Kier molecular flexibility index (Phi) is 3.25. The van der Waals surface area contributed by atoms with E-state index in [-0.39, 0.29) is 5.78 Å². The molecular weight excluding hydrogens is 304 g/mol. The SMILES string of the molecule is Cc1ccc(C(=O)c2ccc3c(c2)COC3)cc1Br. The van der Waals surface area contributed by atoms with Crippen LogP contribution < -0.4 is 0 Å². The van der Waals surface area contributed by atoms with Crippen molar-refractivity contribution in [2.45, 2.75) is 20.1 Å². The minimum absolute atomic E-state index is 0.0513. The first-order chi connectivity index (χ1) is 9.15. The highest BCUT2D eigenvalue weighted by atomic mass is 79.9. The number of aryl methyl sites for hydroxylation is 1. The number of benzene rings is 2. The molecule has 2 aromatic rings. The van der Waals surface area contributed by atoms with Crippen LogP contribution in [0.1, 0.15) is 32.6 Å². The van der Waals surface area contributed by atoms with Crippen LogP contribution in [0, 0.1) is 6.92 Å². The molecule has 19 heavy (non-hydrogen) atoms. The van der Waals surface area contributed by atoms with Crippen LogP contribution in [0.4, 0.5) is 0 Å². The fourth-order valence-electron chi connectivity index (χ4n) is 2.21. The first-order valence-corrected chi connectivity index (χ1v) is 6.95. The molecule has 2 nitrogen and oxygen atoms in total. The summed E-state index contributed by atoms with van der Waals surface area (Å²) in [6, 6.07) is 11.5. The smallest absolute Gasteiger partial charge is 0.193 e. The van der Waals surface area contributed by atoms with Crippen LogP contribution in [0.5, 0.6) is 0 Å². The first kappa shape index (κ1) is 12.6. The maximum atomic E-state index is 12.4. The number of ketones is 1. The molecule has 0 bridgehead atoms. The highest BCUT2D eigenvalue weighted by molar-refractivity contribution is 9.10. The van der Waals surface area contributed by atoms with Crippen LogP contribution in [-0.2, 0) is 18.0 Å². The molecule has 0 fully saturated rings. The second kappa shape index (κ2) is 4.91. The van der Waals surface area contributed by atoms with Gasteiger partial charge in [0, 0.05) is 15.6 Å². The van der Waals surface area contributed by atoms with E-state index in [1.165, 1.54) is 5.56 Å². The molecule has 3 heteroatoms. The number of carbonyl (C=O) groups is 1. The molecule has 0 saturated heterocycles. The largest absolute Gasteiger partial charge is 0.372 e. The van der Waals surface area contributed by atoms with Crippen LogP contribution in [0.3, 0.4) is 0 Å². The van der Waals surface area contributed by atoms with Gasteiger partial charge in [0.1, 0.15) is 0 Å². The second-order valence-corrected chi connectivity index (χ2v) is 5.62. The van der Waals surface area contributed by atoms with Gasteiger partial charge in [0.15, 0.2) is 5.78 Å². The van der Waals surface area contributed by atoms with Gasteiger partial charge in [0.2, 0.25) is 0 Å². The lowest BCUT2D eigenvalue weighted by molar-refractivity contribution is 0.103. The maximum absolute atomic E-state index is 12.4. The van der Waals surface area contributed by atoms with Crippen molar-refractivity contribution in [2.75, 3.05) is 0 Å². The monoisotopic (exact) mass is 316 g/mol. The van der Waals surface area contributed by atoms with Crippen molar-refractivity contribution in [2.24, 2.45) is 0 Å². The first-order valence-electron chi connectivity index (χ1n) is 6.15. The zero-order valence-electron chi connectivity index (χ0n) is 10.6. The normalized spacial score (nSPS) is 13.4. The van der Waals surface area contributed by atoms with E-state index in [0.29, 0.717) is 18.8 Å². The summed E-state index contributed by atoms with van der Waals surface area (Å²) in [6.45, 7) is 3.26. The van der Waals surface area contributed by atoms with Crippen molar-refractivity contribution in [3.63, 3.8) is 0 Å². The van der Waals surface area contributed by atoms with Crippen molar-refractivity contribution in [1.82, 2.24) is 0 Å². The maximum Gasteiger partial charge on any atom is 0.193 e. The van der Waals surface area contributed by atoms with Gasteiger partial charge >= 0.3 is 0 Å². The van der Waals surface area contributed by atoms with Gasteiger partial charge in [-0.1, -0.05) is 40.2 Å². The van der Waals surface area contributed by atoms with E-state index >= 15 is 0 Å². The van der Waals surface area contributed by atoms with Gasteiger partial charge in [0.25, 0.3) is 0 Å². The van der Waals surface area contributed by atoms with Gasteiger partial charge in [-0.2, -0.15) is 0 Å². The van der Waals surface area contributed by atoms with Crippen molar-refractivity contribution in [1.29, 1.82) is 0 Å². The fraction of sp³-hybridized carbons (Fsp3) is 0.188. The van der Waals surface area contributed by atoms with Gasteiger partial charge in [-0.05, 0) is 35.7 Å². The standard InChI is InChI=1S/C16H13BrO2/c1-10-2-3-12(7-15(10)17)16(18)11-4-5-13-8-19-9-14(13)6-11/h2-7H,8-9H2,1H3. The quantitative estimate of drug-likeness (QED) is 0.782. The lowest BCUT2D eigenvalue weighted by Crippen LogP contribution is -2.02. The average molecular weight is 317 g/mol. The Bertz CT molecular complexity index is 662. The highest BCUT2D eigenvalue weighted by Crippen LogP contribution is 2.24. The van der Waals surface area contributed by atoms with Crippen molar-refractivity contribution in [3.05, 3.63) is 68.7 Å². The van der Waals surface area contributed by atoms with Crippen LogP contribution in [0.2, 0.25) is 0 Å². The lowest BCUT2D eigenvalue weighted by Gasteiger charge is -2.05. The molecule has 1 aliphatic heterocycles. The third-order valence-corrected chi connectivity index (χ3v) is 4.27. The molecule has 1 heterocycles. The zero-order chi connectivity index (χ0) is 13.4. The molecule has 0 aliphatic carbocycles. The molecule has 0 N–H and O–H groups in total. The zero-order valence-corrected chi connectivity index (χ0v) is 12.2. The molecule has 96 valence electrons. The van der Waals surface area contributed by atoms with E-state index in [1.807, 2.05) is 43.3 Å². The summed E-state index contributed by atoms with van der Waals surface area (Å²) in [6.07, 6.45) is 0. The van der Waals surface area contributed by atoms with E-state index in [1.54, 1.807) is 0 Å². The topological polar surface area (TPSA) is 26.3 Å². The summed E-state index contributed by atoms with van der Waals surface area (Å²) < 4.78 is 6.33. The number of hydrogen-bond donors (Lipinski definition) is 0. The summed E-state index contributed by atoms with van der Waals surface area (Å²) in [4.78, 5) is 12.4. The van der Waals surface area contributed by atoms with Gasteiger partial charge < -0.3 is 4.74 Å². The van der Waals surface area contributed by atoms with E-state index in [2.05, 4.69) is 15.9 Å². The molecule has 1 aliphatic rings. The molecule has 0 amide bonds. The number of halogens is 1. The number of rotatable bonds is 2.